The van der Waals surface area contributed by atoms with Gasteiger partial charge in [-0.25, -0.2) is 0 Å². The van der Waals surface area contributed by atoms with Gasteiger partial charge in [0.2, 0.25) is 0 Å². The molecule has 0 unspecified atom stereocenters. The fourth-order valence-corrected chi connectivity index (χ4v) is 3.04. The number of hydrogen-bond donors (Lipinski definition) is 2. The zero-order chi connectivity index (χ0) is 19.4. The van der Waals surface area contributed by atoms with E-state index in [0.717, 1.165) is 22.4 Å². The highest BCUT2D eigenvalue weighted by molar-refractivity contribution is 6.05. The summed E-state index contributed by atoms with van der Waals surface area (Å²) in [5, 5.41) is 15.3. The molecule has 0 aliphatic carbocycles. The van der Waals surface area contributed by atoms with Crippen molar-refractivity contribution >= 4 is 23.0 Å². The van der Waals surface area contributed by atoms with Gasteiger partial charge >= 0.3 is 0 Å². The Morgan fingerprint density at radius 2 is 1.74 bits per heavy atom. The average molecular weight is 356 g/mol. The minimum atomic E-state index is -0.227. The highest BCUT2D eigenvalue weighted by atomic mass is 16.1. The molecule has 2 N–H and O–H groups in total. The SMILES string of the molecule is Cc1cc(C)c(NC(=O)c2cncc(Nc3ccccc3C#N)c2)c(C)c1. The van der Waals surface area contributed by atoms with Gasteiger partial charge in [-0.05, 0) is 50.1 Å². The first-order chi connectivity index (χ1) is 13.0. The molecule has 1 amide bonds. The second kappa shape index (κ2) is 7.71. The quantitative estimate of drug-likeness (QED) is 0.699. The summed E-state index contributed by atoms with van der Waals surface area (Å²) in [4.78, 5) is 16.9. The number of aryl methyl sites for hydroxylation is 3. The van der Waals surface area contributed by atoms with Gasteiger partial charge in [0.15, 0.2) is 0 Å². The van der Waals surface area contributed by atoms with Crippen LogP contribution < -0.4 is 10.6 Å². The highest BCUT2D eigenvalue weighted by Gasteiger charge is 2.12. The summed E-state index contributed by atoms with van der Waals surface area (Å²) in [6, 6.07) is 15.1. The summed E-state index contributed by atoms with van der Waals surface area (Å²) in [7, 11) is 0. The van der Waals surface area contributed by atoms with Crippen molar-refractivity contribution in [2.24, 2.45) is 0 Å². The Hall–Kier alpha value is -3.65. The van der Waals surface area contributed by atoms with Gasteiger partial charge in [0, 0.05) is 11.9 Å². The summed E-state index contributed by atoms with van der Waals surface area (Å²) in [6.07, 6.45) is 3.14. The fraction of sp³-hybridized carbons (Fsp3) is 0.136. The topological polar surface area (TPSA) is 77.8 Å². The lowest BCUT2D eigenvalue weighted by atomic mass is 10.0. The molecule has 0 aliphatic rings. The van der Waals surface area contributed by atoms with E-state index in [1.807, 2.05) is 45.0 Å². The second-order valence-corrected chi connectivity index (χ2v) is 6.47. The average Bonchev–Trinajstić information content (AvgIpc) is 2.65. The van der Waals surface area contributed by atoms with Crippen LogP contribution in [0.4, 0.5) is 17.1 Å². The molecule has 0 saturated heterocycles. The van der Waals surface area contributed by atoms with Crippen LogP contribution in [0.1, 0.15) is 32.6 Å². The normalized spacial score (nSPS) is 10.1. The number of amides is 1. The number of aromatic nitrogens is 1. The Morgan fingerprint density at radius 1 is 1.04 bits per heavy atom. The van der Waals surface area contributed by atoms with Gasteiger partial charge in [-0.2, -0.15) is 5.26 Å². The van der Waals surface area contributed by atoms with Crippen LogP contribution in [0.2, 0.25) is 0 Å². The number of carbonyl (C=O) groups excluding carboxylic acids is 1. The van der Waals surface area contributed by atoms with Gasteiger partial charge < -0.3 is 10.6 Å². The van der Waals surface area contributed by atoms with Crippen LogP contribution in [-0.2, 0) is 0 Å². The third-order valence-electron chi connectivity index (χ3n) is 4.24. The van der Waals surface area contributed by atoms with Crippen molar-refractivity contribution in [1.29, 1.82) is 5.26 Å². The van der Waals surface area contributed by atoms with E-state index in [2.05, 4.69) is 21.7 Å². The van der Waals surface area contributed by atoms with Crippen LogP contribution in [0.3, 0.4) is 0 Å². The maximum absolute atomic E-state index is 12.7. The smallest absolute Gasteiger partial charge is 0.257 e. The number of nitriles is 1. The minimum Gasteiger partial charge on any atom is -0.353 e. The Morgan fingerprint density at radius 3 is 2.44 bits per heavy atom. The number of carbonyl (C=O) groups is 1. The molecule has 0 saturated carbocycles. The summed E-state index contributed by atoms with van der Waals surface area (Å²) >= 11 is 0. The van der Waals surface area contributed by atoms with Crippen LogP contribution in [0.25, 0.3) is 0 Å². The first kappa shape index (κ1) is 18.2. The molecule has 1 heterocycles. The lowest BCUT2D eigenvalue weighted by molar-refractivity contribution is 0.102. The maximum Gasteiger partial charge on any atom is 0.257 e. The molecule has 3 aromatic rings. The molecular weight excluding hydrogens is 336 g/mol. The Kier molecular flexibility index (Phi) is 5.18. The number of anilines is 3. The molecule has 0 atom stereocenters. The van der Waals surface area contributed by atoms with E-state index in [9.17, 15) is 10.1 Å². The number of pyridine rings is 1. The first-order valence-corrected chi connectivity index (χ1v) is 8.58. The van der Waals surface area contributed by atoms with Gasteiger partial charge in [-0.15, -0.1) is 0 Å². The van der Waals surface area contributed by atoms with Crippen LogP contribution >= 0.6 is 0 Å². The standard InChI is InChI=1S/C22H20N4O/c1-14-8-15(2)21(16(3)9-14)26-22(27)18-10-19(13-24-12-18)25-20-7-5-4-6-17(20)11-23/h4-10,12-13,25H,1-3H3,(H,26,27). The van der Waals surface area contributed by atoms with Gasteiger partial charge in [-0.1, -0.05) is 29.8 Å². The van der Waals surface area contributed by atoms with E-state index in [1.54, 1.807) is 24.4 Å². The summed E-state index contributed by atoms with van der Waals surface area (Å²) in [5.41, 5.74) is 6.29. The molecule has 0 spiro atoms. The Bertz CT molecular complexity index is 1030. The molecule has 0 radical (unpaired) electrons. The number of nitrogens with zero attached hydrogens (tertiary/aromatic N) is 2. The third kappa shape index (κ3) is 4.13. The van der Waals surface area contributed by atoms with Crippen molar-refractivity contribution in [2.75, 3.05) is 10.6 Å². The number of benzene rings is 2. The summed E-state index contributed by atoms with van der Waals surface area (Å²) in [5.74, 6) is -0.227. The Balaban J connectivity index is 1.83. The third-order valence-corrected chi connectivity index (χ3v) is 4.24. The largest absolute Gasteiger partial charge is 0.353 e. The van der Waals surface area contributed by atoms with Gasteiger partial charge in [0.05, 0.1) is 28.7 Å². The maximum atomic E-state index is 12.7. The van der Waals surface area contributed by atoms with E-state index in [0.29, 0.717) is 22.5 Å². The number of rotatable bonds is 4. The van der Waals surface area contributed by atoms with Crippen molar-refractivity contribution in [1.82, 2.24) is 4.98 Å². The number of para-hydroxylation sites is 1. The molecule has 27 heavy (non-hydrogen) atoms. The van der Waals surface area contributed by atoms with Crippen LogP contribution in [0.5, 0.6) is 0 Å². The minimum absolute atomic E-state index is 0.227. The lowest BCUT2D eigenvalue weighted by Gasteiger charge is -2.13. The molecule has 5 nitrogen and oxygen atoms in total. The van der Waals surface area contributed by atoms with Crippen molar-refractivity contribution < 1.29 is 4.79 Å². The van der Waals surface area contributed by atoms with E-state index >= 15 is 0 Å². The van der Waals surface area contributed by atoms with Crippen molar-refractivity contribution in [3.63, 3.8) is 0 Å². The van der Waals surface area contributed by atoms with E-state index in [-0.39, 0.29) is 5.91 Å². The molecule has 3 rings (SSSR count). The van der Waals surface area contributed by atoms with Crippen molar-refractivity contribution in [2.45, 2.75) is 20.8 Å². The predicted octanol–water partition coefficient (Wildman–Crippen LogP) is 4.87. The molecule has 0 fully saturated rings. The highest BCUT2D eigenvalue weighted by Crippen LogP contribution is 2.24. The summed E-state index contributed by atoms with van der Waals surface area (Å²) in [6.45, 7) is 5.99. The molecule has 2 aromatic carbocycles. The van der Waals surface area contributed by atoms with Crippen LogP contribution in [0.15, 0.2) is 54.9 Å². The first-order valence-electron chi connectivity index (χ1n) is 8.58. The lowest BCUT2D eigenvalue weighted by Crippen LogP contribution is -2.14. The fourth-order valence-electron chi connectivity index (χ4n) is 3.04. The molecule has 5 heteroatoms. The van der Waals surface area contributed by atoms with Crippen LogP contribution in [-0.4, -0.2) is 10.9 Å². The zero-order valence-corrected chi connectivity index (χ0v) is 15.5. The monoisotopic (exact) mass is 356 g/mol. The van der Waals surface area contributed by atoms with Crippen LogP contribution in [0, 0.1) is 32.1 Å². The van der Waals surface area contributed by atoms with Gasteiger partial charge in [0.1, 0.15) is 6.07 Å². The summed E-state index contributed by atoms with van der Waals surface area (Å²) < 4.78 is 0. The van der Waals surface area contributed by atoms with E-state index in [4.69, 9.17) is 0 Å². The van der Waals surface area contributed by atoms with Crippen molar-refractivity contribution in [3.05, 3.63) is 82.7 Å². The Labute approximate surface area is 158 Å². The predicted molar refractivity (Wildman–Crippen MR) is 107 cm³/mol. The van der Waals surface area contributed by atoms with E-state index in [1.165, 1.54) is 6.20 Å². The van der Waals surface area contributed by atoms with E-state index < -0.39 is 0 Å². The molecule has 0 bridgehead atoms. The molecule has 134 valence electrons. The number of nitrogens with one attached hydrogen (secondary N) is 2. The molecule has 0 aliphatic heterocycles. The second-order valence-electron chi connectivity index (χ2n) is 6.47. The van der Waals surface area contributed by atoms with Crippen molar-refractivity contribution in [3.8, 4) is 6.07 Å². The van der Waals surface area contributed by atoms with Gasteiger partial charge in [-0.3, -0.25) is 9.78 Å². The number of hydrogen-bond acceptors (Lipinski definition) is 4. The van der Waals surface area contributed by atoms with Gasteiger partial charge in [0.25, 0.3) is 5.91 Å². The molecule has 1 aromatic heterocycles. The molecular formula is C22H20N4O. The zero-order valence-electron chi connectivity index (χ0n) is 15.5.